The lowest BCUT2D eigenvalue weighted by atomic mass is 10.2. The molecule has 0 fully saturated rings. The van der Waals surface area contributed by atoms with Crippen molar-refractivity contribution in [3.63, 3.8) is 0 Å². The number of halogens is 2. The van der Waals surface area contributed by atoms with Crippen molar-refractivity contribution in [3.05, 3.63) is 58.1 Å². The number of ether oxygens (including phenoxy) is 1. The highest BCUT2D eigenvalue weighted by Crippen LogP contribution is 2.21. The summed E-state index contributed by atoms with van der Waals surface area (Å²) >= 11 is 11.8. The predicted octanol–water partition coefficient (Wildman–Crippen LogP) is 4.39. The average molecular weight is 388 g/mol. The van der Waals surface area contributed by atoms with Gasteiger partial charge in [-0.2, -0.15) is 0 Å². The minimum absolute atomic E-state index is 0.226. The Kier molecular flexibility index (Phi) is 6.52. The third-order valence-corrected chi connectivity index (χ3v) is 6.08. The fourth-order valence-electron chi connectivity index (χ4n) is 2.09. The molecule has 0 spiro atoms. The summed E-state index contributed by atoms with van der Waals surface area (Å²) in [7, 11) is -1.96. The summed E-state index contributed by atoms with van der Waals surface area (Å²) in [6.07, 6.45) is 0.574. The monoisotopic (exact) mass is 387 g/mol. The molecular formula is C17H19Cl2NO3S. The summed E-state index contributed by atoms with van der Waals surface area (Å²) in [5.74, 6) is 0.722. The van der Waals surface area contributed by atoms with Crippen LogP contribution in [-0.4, -0.2) is 32.9 Å². The van der Waals surface area contributed by atoms with Gasteiger partial charge in [-0.15, -0.1) is 0 Å². The van der Waals surface area contributed by atoms with E-state index in [2.05, 4.69) is 0 Å². The summed E-state index contributed by atoms with van der Waals surface area (Å²) < 4.78 is 31.8. The van der Waals surface area contributed by atoms with Crippen LogP contribution in [0.3, 0.4) is 0 Å². The van der Waals surface area contributed by atoms with Gasteiger partial charge in [-0.1, -0.05) is 23.2 Å². The van der Waals surface area contributed by atoms with Crippen molar-refractivity contribution in [2.45, 2.75) is 18.2 Å². The zero-order valence-electron chi connectivity index (χ0n) is 13.5. The second kappa shape index (κ2) is 8.21. The number of aryl methyl sites for hydroxylation is 1. The molecule has 0 bridgehead atoms. The SMILES string of the molecule is Cc1cc(OCCCN(C)S(=O)(=O)c2ccc(Cl)cc2)ccc1Cl. The van der Waals surface area contributed by atoms with Crippen molar-refractivity contribution in [2.75, 3.05) is 20.2 Å². The molecule has 0 atom stereocenters. The topological polar surface area (TPSA) is 46.6 Å². The number of sulfonamides is 1. The molecule has 0 aliphatic carbocycles. The van der Waals surface area contributed by atoms with Crippen LogP contribution in [-0.2, 0) is 10.0 Å². The van der Waals surface area contributed by atoms with E-state index in [1.54, 1.807) is 31.3 Å². The molecule has 0 N–H and O–H groups in total. The first-order chi connectivity index (χ1) is 11.3. The minimum Gasteiger partial charge on any atom is -0.494 e. The molecule has 0 heterocycles. The third kappa shape index (κ3) is 4.86. The van der Waals surface area contributed by atoms with Crippen molar-refractivity contribution in [1.82, 2.24) is 4.31 Å². The van der Waals surface area contributed by atoms with Crippen LogP contribution in [0.15, 0.2) is 47.4 Å². The molecule has 0 amide bonds. The number of benzene rings is 2. The maximum Gasteiger partial charge on any atom is 0.242 e. The zero-order valence-corrected chi connectivity index (χ0v) is 15.8. The van der Waals surface area contributed by atoms with Crippen LogP contribution in [0.1, 0.15) is 12.0 Å². The first-order valence-corrected chi connectivity index (χ1v) is 9.61. The minimum atomic E-state index is -3.51. The van der Waals surface area contributed by atoms with Crippen molar-refractivity contribution < 1.29 is 13.2 Å². The molecule has 130 valence electrons. The Labute approximate surface area is 153 Å². The highest BCUT2D eigenvalue weighted by molar-refractivity contribution is 7.89. The molecule has 4 nitrogen and oxygen atoms in total. The zero-order chi connectivity index (χ0) is 17.7. The second-order valence-electron chi connectivity index (χ2n) is 5.39. The number of hydrogen-bond donors (Lipinski definition) is 0. The quantitative estimate of drug-likeness (QED) is 0.661. The summed E-state index contributed by atoms with van der Waals surface area (Å²) in [6.45, 7) is 2.68. The van der Waals surface area contributed by atoms with Gasteiger partial charge in [0.25, 0.3) is 0 Å². The van der Waals surface area contributed by atoms with Crippen molar-refractivity contribution in [3.8, 4) is 5.75 Å². The number of hydrogen-bond acceptors (Lipinski definition) is 3. The van der Waals surface area contributed by atoms with E-state index in [0.717, 1.165) is 11.3 Å². The predicted molar refractivity (Wildman–Crippen MR) is 97.6 cm³/mol. The normalized spacial score (nSPS) is 11.7. The largest absolute Gasteiger partial charge is 0.494 e. The van der Waals surface area contributed by atoms with Gasteiger partial charge < -0.3 is 4.74 Å². The van der Waals surface area contributed by atoms with E-state index < -0.39 is 10.0 Å². The van der Waals surface area contributed by atoms with Crippen LogP contribution >= 0.6 is 23.2 Å². The van der Waals surface area contributed by atoms with Gasteiger partial charge in [0.05, 0.1) is 11.5 Å². The van der Waals surface area contributed by atoms with Crippen LogP contribution in [0.5, 0.6) is 5.75 Å². The Balaban J connectivity index is 1.87. The maximum absolute atomic E-state index is 12.4. The molecule has 7 heteroatoms. The molecule has 0 unspecified atom stereocenters. The molecule has 2 aromatic carbocycles. The van der Waals surface area contributed by atoms with Gasteiger partial charge in [0.2, 0.25) is 10.0 Å². The first kappa shape index (κ1) is 19.1. The number of rotatable bonds is 7. The molecular weight excluding hydrogens is 369 g/mol. The average Bonchev–Trinajstić information content (AvgIpc) is 2.55. The van der Waals surface area contributed by atoms with Crippen molar-refractivity contribution in [2.24, 2.45) is 0 Å². The van der Waals surface area contributed by atoms with Gasteiger partial charge in [0.15, 0.2) is 0 Å². The molecule has 2 rings (SSSR count). The van der Waals surface area contributed by atoms with E-state index in [1.165, 1.54) is 16.4 Å². The van der Waals surface area contributed by atoms with E-state index in [0.29, 0.717) is 29.6 Å². The van der Waals surface area contributed by atoms with Crippen LogP contribution in [0.2, 0.25) is 10.0 Å². The van der Waals surface area contributed by atoms with Gasteiger partial charge in [0, 0.05) is 23.6 Å². The second-order valence-corrected chi connectivity index (χ2v) is 8.28. The highest BCUT2D eigenvalue weighted by Gasteiger charge is 2.20. The van der Waals surface area contributed by atoms with Gasteiger partial charge in [0.1, 0.15) is 5.75 Å². The van der Waals surface area contributed by atoms with Gasteiger partial charge in [-0.25, -0.2) is 12.7 Å². The van der Waals surface area contributed by atoms with E-state index in [1.807, 2.05) is 13.0 Å². The van der Waals surface area contributed by atoms with Crippen LogP contribution in [0, 0.1) is 6.92 Å². The Morgan fingerprint density at radius 1 is 1.08 bits per heavy atom. The van der Waals surface area contributed by atoms with E-state index >= 15 is 0 Å². The summed E-state index contributed by atoms with van der Waals surface area (Å²) in [5, 5.41) is 1.19. The smallest absolute Gasteiger partial charge is 0.242 e. The van der Waals surface area contributed by atoms with Crippen LogP contribution in [0.25, 0.3) is 0 Å². The standard InChI is InChI=1S/C17H19Cl2NO3S/c1-13-12-15(6-9-17(13)19)23-11-3-10-20(2)24(21,22)16-7-4-14(18)5-8-16/h4-9,12H,3,10-11H2,1-2H3. The first-order valence-electron chi connectivity index (χ1n) is 7.41. The number of nitrogens with zero attached hydrogens (tertiary/aromatic N) is 1. The van der Waals surface area contributed by atoms with Crippen LogP contribution < -0.4 is 4.74 Å². The van der Waals surface area contributed by atoms with Crippen molar-refractivity contribution >= 4 is 33.2 Å². The maximum atomic E-state index is 12.4. The van der Waals surface area contributed by atoms with E-state index in [-0.39, 0.29) is 4.90 Å². The lowest BCUT2D eigenvalue weighted by Gasteiger charge is -2.17. The summed E-state index contributed by atoms with van der Waals surface area (Å²) in [5.41, 5.74) is 0.941. The molecule has 0 radical (unpaired) electrons. The Bertz CT molecular complexity index is 792. The Morgan fingerprint density at radius 2 is 1.75 bits per heavy atom. The fraction of sp³-hybridized carbons (Fsp3) is 0.294. The van der Waals surface area contributed by atoms with E-state index in [9.17, 15) is 8.42 Å². The lowest BCUT2D eigenvalue weighted by molar-refractivity contribution is 0.296. The third-order valence-electron chi connectivity index (χ3n) is 3.54. The highest BCUT2D eigenvalue weighted by atomic mass is 35.5. The fourth-order valence-corrected chi connectivity index (χ4v) is 3.54. The Hall–Kier alpha value is -1.27. The van der Waals surface area contributed by atoms with E-state index in [4.69, 9.17) is 27.9 Å². The molecule has 0 saturated heterocycles. The van der Waals surface area contributed by atoms with Crippen molar-refractivity contribution in [1.29, 1.82) is 0 Å². The van der Waals surface area contributed by atoms with Crippen LogP contribution in [0.4, 0.5) is 0 Å². The van der Waals surface area contributed by atoms with Gasteiger partial charge in [-0.3, -0.25) is 0 Å². The molecule has 0 aliphatic rings. The molecule has 0 saturated carbocycles. The molecule has 24 heavy (non-hydrogen) atoms. The molecule has 2 aromatic rings. The molecule has 0 aromatic heterocycles. The lowest BCUT2D eigenvalue weighted by Crippen LogP contribution is -2.28. The molecule has 0 aliphatic heterocycles. The summed E-state index contributed by atoms with van der Waals surface area (Å²) in [6, 6.07) is 11.6. The van der Waals surface area contributed by atoms with Gasteiger partial charge in [-0.05, 0) is 61.4 Å². The Morgan fingerprint density at radius 3 is 2.38 bits per heavy atom. The summed E-state index contributed by atoms with van der Waals surface area (Å²) in [4.78, 5) is 0.226. The van der Waals surface area contributed by atoms with Gasteiger partial charge >= 0.3 is 0 Å².